The molecule has 5 heteroatoms. The van der Waals surface area contributed by atoms with Crippen molar-refractivity contribution in [3.63, 3.8) is 0 Å². The largest absolute Gasteiger partial charge is 0.271 e. The number of aromatic nitrogens is 2. The van der Waals surface area contributed by atoms with E-state index in [1.807, 2.05) is 0 Å². The first-order chi connectivity index (χ1) is 8.35. The molecular formula is C12H16N4S. The number of benzene rings is 1. The normalized spacial score (nSPS) is 12.6. The van der Waals surface area contributed by atoms with Gasteiger partial charge in [-0.05, 0) is 17.5 Å². The van der Waals surface area contributed by atoms with Gasteiger partial charge in [-0.15, -0.1) is 0 Å². The monoisotopic (exact) mass is 248 g/mol. The van der Waals surface area contributed by atoms with Crippen molar-refractivity contribution in [2.45, 2.75) is 25.8 Å². The van der Waals surface area contributed by atoms with Crippen LogP contribution in [0, 0.1) is 0 Å². The van der Waals surface area contributed by atoms with E-state index in [-0.39, 0.29) is 6.04 Å². The third-order valence-corrected chi connectivity index (χ3v) is 3.18. The average molecular weight is 248 g/mol. The molecule has 2 aromatic rings. The van der Waals surface area contributed by atoms with Gasteiger partial charge in [0, 0.05) is 0 Å². The van der Waals surface area contributed by atoms with Crippen LogP contribution in [0.15, 0.2) is 30.5 Å². The van der Waals surface area contributed by atoms with Crippen molar-refractivity contribution in [3.8, 4) is 0 Å². The van der Waals surface area contributed by atoms with Crippen molar-refractivity contribution in [1.82, 2.24) is 14.2 Å². The molecule has 90 valence electrons. The molecule has 0 saturated heterocycles. The quantitative estimate of drug-likeness (QED) is 0.628. The first-order valence-electron chi connectivity index (χ1n) is 5.67. The van der Waals surface area contributed by atoms with Gasteiger partial charge in [-0.25, -0.2) is 5.43 Å². The molecule has 0 aliphatic heterocycles. The van der Waals surface area contributed by atoms with Crippen molar-refractivity contribution in [2.75, 3.05) is 0 Å². The lowest BCUT2D eigenvalue weighted by Gasteiger charge is -2.13. The van der Waals surface area contributed by atoms with Crippen molar-refractivity contribution in [3.05, 3.63) is 47.3 Å². The molecule has 1 atom stereocenters. The zero-order valence-electron chi connectivity index (χ0n) is 9.76. The van der Waals surface area contributed by atoms with Gasteiger partial charge in [-0.2, -0.15) is 8.75 Å². The summed E-state index contributed by atoms with van der Waals surface area (Å²) in [5, 5.41) is 0. The SMILES string of the molecule is CCCc1ccc(C(NN)c2cnsn2)cc1. The number of rotatable bonds is 5. The molecule has 0 bridgehead atoms. The lowest BCUT2D eigenvalue weighted by molar-refractivity contribution is 0.625. The lowest BCUT2D eigenvalue weighted by Crippen LogP contribution is -2.29. The van der Waals surface area contributed by atoms with E-state index < -0.39 is 0 Å². The number of nitrogens with two attached hydrogens (primary N) is 1. The standard InChI is InChI=1S/C12H16N4S/c1-2-3-9-4-6-10(7-5-9)12(15-13)11-8-14-17-16-11/h4-8,12,15H,2-3,13H2,1H3. The summed E-state index contributed by atoms with van der Waals surface area (Å²) >= 11 is 1.19. The van der Waals surface area contributed by atoms with E-state index >= 15 is 0 Å². The Morgan fingerprint density at radius 3 is 2.65 bits per heavy atom. The summed E-state index contributed by atoms with van der Waals surface area (Å²) in [5.74, 6) is 5.58. The molecule has 17 heavy (non-hydrogen) atoms. The molecule has 0 fully saturated rings. The maximum atomic E-state index is 5.58. The predicted octanol–water partition coefficient (Wildman–Crippen LogP) is 2.04. The van der Waals surface area contributed by atoms with Crippen LogP contribution in [-0.2, 0) is 6.42 Å². The minimum Gasteiger partial charge on any atom is -0.271 e. The number of hydrogen-bond acceptors (Lipinski definition) is 5. The highest BCUT2D eigenvalue weighted by Crippen LogP contribution is 2.20. The van der Waals surface area contributed by atoms with Gasteiger partial charge in [0.05, 0.1) is 29.7 Å². The van der Waals surface area contributed by atoms with Gasteiger partial charge in [0.2, 0.25) is 0 Å². The van der Waals surface area contributed by atoms with Crippen LogP contribution in [0.25, 0.3) is 0 Å². The Hall–Kier alpha value is -1.30. The Bertz CT molecular complexity index is 438. The van der Waals surface area contributed by atoms with Gasteiger partial charge < -0.3 is 0 Å². The van der Waals surface area contributed by atoms with Crippen molar-refractivity contribution in [1.29, 1.82) is 0 Å². The molecule has 2 rings (SSSR count). The van der Waals surface area contributed by atoms with E-state index in [0.29, 0.717) is 0 Å². The van der Waals surface area contributed by atoms with Gasteiger partial charge in [-0.1, -0.05) is 37.6 Å². The first kappa shape index (κ1) is 12.2. The Kier molecular flexibility index (Phi) is 4.19. The van der Waals surface area contributed by atoms with Gasteiger partial charge in [0.15, 0.2) is 0 Å². The van der Waals surface area contributed by atoms with Gasteiger partial charge >= 0.3 is 0 Å². The van der Waals surface area contributed by atoms with Crippen LogP contribution in [-0.4, -0.2) is 8.75 Å². The second-order valence-corrected chi connectivity index (χ2v) is 4.48. The molecule has 1 aromatic carbocycles. The molecule has 0 radical (unpaired) electrons. The van der Waals surface area contributed by atoms with E-state index in [4.69, 9.17) is 5.84 Å². The Morgan fingerprint density at radius 1 is 1.35 bits per heavy atom. The third kappa shape index (κ3) is 2.88. The minimum absolute atomic E-state index is 0.0792. The van der Waals surface area contributed by atoms with Gasteiger partial charge in [-0.3, -0.25) is 5.84 Å². The highest BCUT2D eigenvalue weighted by molar-refractivity contribution is 6.99. The third-order valence-electron chi connectivity index (χ3n) is 2.69. The number of nitrogens with one attached hydrogen (secondary N) is 1. The minimum atomic E-state index is -0.0792. The molecule has 1 aromatic heterocycles. The van der Waals surface area contributed by atoms with Crippen LogP contribution in [0.3, 0.4) is 0 Å². The lowest BCUT2D eigenvalue weighted by atomic mass is 10.0. The summed E-state index contributed by atoms with van der Waals surface area (Å²) in [6.45, 7) is 2.18. The first-order valence-corrected chi connectivity index (χ1v) is 6.40. The van der Waals surface area contributed by atoms with E-state index in [1.54, 1.807) is 6.20 Å². The molecule has 0 spiro atoms. The van der Waals surface area contributed by atoms with Crippen LogP contribution < -0.4 is 11.3 Å². The van der Waals surface area contributed by atoms with Crippen LogP contribution in [0.4, 0.5) is 0 Å². The van der Waals surface area contributed by atoms with E-state index in [2.05, 4.69) is 45.4 Å². The zero-order valence-corrected chi connectivity index (χ0v) is 10.6. The van der Waals surface area contributed by atoms with Crippen LogP contribution in [0.5, 0.6) is 0 Å². The van der Waals surface area contributed by atoms with E-state index in [9.17, 15) is 0 Å². The number of nitrogens with zero attached hydrogens (tertiary/aromatic N) is 2. The molecule has 0 amide bonds. The fourth-order valence-corrected chi connectivity index (χ4v) is 2.27. The van der Waals surface area contributed by atoms with Gasteiger partial charge in [0.1, 0.15) is 0 Å². The molecule has 0 saturated carbocycles. The number of aryl methyl sites for hydroxylation is 1. The molecule has 1 heterocycles. The topological polar surface area (TPSA) is 63.8 Å². The number of hydrazine groups is 1. The average Bonchev–Trinajstić information content (AvgIpc) is 2.86. The van der Waals surface area contributed by atoms with Crippen molar-refractivity contribution >= 4 is 11.7 Å². The summed E-state index contributed by atoms with van der Waals surface area (Å²) in [5.41, 5.74) is 6.10. The summed E-state index contributed by atoms with van der Waals surface area (Å²) in [6, 6.07) is 8.39. The molecule has 0 aliphatic carbocycles. The van der Waals surface area contributed by atoms with Crippen molar-refractivity contribution < 1.29 is 0 Å². The second kappa shape index (κ2) is 5.86. The smallest absolute Gasteiger partial charge is 0.0970 e. The molecule has 3 N–H and O–H groups in total. The second-order valence-electron chi connectivity index (χ2n) is 3.92. The summed E-state index contributed by atoms with van der Waals surface area (Å²) in [7, 11) is 0. The molecule has 0 aliphatic rings. The fourth-order valence-electron chi connectivity index (χ4n) is 1.82. The Morgan fingerprint density at radius 2 is 2.12 bits per heavy atom. The maximum Gasteiger partial charge on any atom is 0.0970 e. The van der Waals surface area contributed by atoms with Crippen LogP contribution in [0.2, 0.25) is 0 Å². The summed E-state index contributed by atoms with van der Waals surface area (Å²) in [6.07, 6.45) is 4.02. The van der Waals surface area contributed by atoms with E-state index in [1.165, 1.54) is 17.3 Å². The van der Waals surface area contributed by atoms with E-state index in [0.717, 1.165) is 24.1 Å². The molecular weight excluding hydrogens is 232 g/mol. The molecule has 1 unspecified atom stereocenters. The number of hydrogen-bond donors (Lipinski definition) is 2. The molecule has 4 nitrogen and oxygen atoms in total. The Labute approximate surface area is 105 Å². The zero-order chi connectivity index (χ0) is 12.1. The van der Waals surface area contributed by atoms with Crippen LogP contribution in [0.1, 0.15) is 36.2 Å². The van der Waals surface area contributed by atoms with Gasteiger partial charge in [0.25, 0.3) is 0 Å². The summed E-state index contributed by atoms with van der Waals surface area (Å²) < 4.78 is 8.21. The Balaban J connectivity index is 2.20. The highest BCUT2D eigenvalue weighted by Gasteiger charge is 2.14. The maximum absolute atomic E-state index is 5.58. The van der Waals surface area contributed by atoms with Crippen molar-refractivity contribution in [2.24, 2.45) is 5.84 Å². The highest BCUT2D eigenvalue weighted by atomic mass is 32.1. The predicted molar refractivity (Wildman–Crippen MR) is 69.5 cm³/mol. The fraction of sp³-hybridized carbons (Fsp3) is 0.333. The summed E-state index contributed by atoms with van der Waals surface area (Å²) in [4.78, 5) is 0. The van der Waals surface area contributed by atoms with Crippen LogP contribution >= 0.6 is 11.7 Å².